The number of anilines is 2. The first-order valence-corrected chi connectivity index (χ1v) is 10.7. The summed E-state index contributed by atoms with van der Waals surface area (Å²) in [6.45, 7) is 2.38. The molecule has 5 nitrogen and oxygen atoms in total. The van der Waals surface area contributed by atoms with Gasteiger partial charge in [0.1, 0.15) is 5.75 Å². The van der Waals surface area contributed by atoms with Crippen LogP contribution in [0.25, 0.3) is 10.8 Å². The molecule has 3 aromatic carbocycles. The smallest absolute Gasteiger partial charge is 0.307 e. The minimum absolute atomic E-state index is 0.0978. The summed E-state index contributed by atoms with van der Waals surface area (Å²) in [5.41, 5.74) is 1.99. The first-order valence-electron chi connectivity index (χ1n) is 9.93. The largest absolute Gasteiger partial charge is 0.497 e. The van der Waals surface area contributed by atoms with E-state index in [0.29, 0.717) is 6.54 Å². The molecule has 31 heavy (non-hydrogen) atoms. The molecule has 0 spiro atoms. The molecule has 0 aliphatic rings. The van der Waals surface area contributed by atoms with E-state index in [2.05, 4.69) is 27.7 Å². The highest BCUT2D eigenvalue weighted by Crippen LogP contribution is 2.35. The molecule has 0 heterocycles. The van der Waals surface area contributed by atoms with E-state index in [1.54, 1.807) is 7.11 Å². The average molecular weight is 435 g/mol. The van der Waals surface area contributed by atoms with Crippen LogP contribution in [0.2, 0.25) is 0 Å². The maximum Gasteiger partial charge on any atom is 0.307 e. The number of rotatable bonds is 9. The van der Waals surface area contributed by atoms with E-state index in [0.717, 1.165) is 32.8 Å². The predicted molar refractivity (Wildman–Crippen MR) is 129 cm³/mol. The van der Waals surface area contributed by atoms with Gasteiger partial charge in [-0.3, -0.25) is 4.79 Å². The Morgan fingerprint density at radius 2 is 1.81 bits per heavy atom. The van der Waals surface area contributed by atoms with Gasteiger partial charge in [-0.2, -0.15) is 0 Å². The van der Waals surface area contributed by atoms with Crippen molar-refractivity contribution in [1.82, 2.24) is 0 Å². The molecule has 0 radical (unpaired) electrons. The molecule has 0 unspecified atom stereocenters. The van der Waals surface area contributed by atoms with E-state index in [1.165, 1.54) is 19.1 Å². The number of ether oxygens (including phenoxy) is 2. The topological polar surface area (TPSA) is 50.8 Å². The molecule has 1 atom stereocenters. The molecule has 1 N–H and O–H groups in total. The third kappa shape index (κ3) is 5.44. The Hall–Kier alpha value is -3.30. The summed E-state index contributed by atoms with van der Waals surface area (Å²) in [4.78, 5) is 15.0. The van der Waals surface area contributed by atoms with Crippen molar-refractivity contribution >= 4 is 40.1 Å². The number of benzene rings is 3. The zero-order valence-corrected chi connectivity index (χ0v) is 18.7. The number of nitrogens with zero attached hydrogens (tertiary/aromatic N) is 1. The molecular formula is C25H26N2O3S. The second-order valence-corrected chi connectivity index (χ2v) is 7.90. The predicted octanol–water partition coefficient (Wildman–Crippen LogP) is 5.36. The molecule has 0 saturated carbocycles. The van der Waals surface area contributed by atoms with Crippen molar-refractivity contribution in [3.05, 3.63) is 60.7 Å². The zero-order valence-electron chi connectivity index (χ0n) is 17.9. The quantitative estimate of drug-likeness (QED) is 0.278. The Labute approximate surface area is 187 Å². The lowest BCUT2D eigenvalue weighted by Gasteiger charge is -2.30. The van der Waals surface area contributed by atoms with Crippen LogP contribution in [0.4, 0.5) is 11.4 Å². The summed E-state index contributed by atoms with van der Waals surface area (Å²) in [5, 5.41) is 2.14. The number of methoxy groups -OCH3 is 2. The maximum atomic E-state index is 11.8. The summed E-state index contributed by atoms with van der Waals surface area (Å²) in [6, 6.07) is 20.1. The Balaban J connectivity index is 1.90. The van der Waals surface area contributed by atoms with E-state index >= 15 is 0 Å². The van der Waals surface area contributed by atoms with Gasteiger partial charge < -0.3 is 19.1 Å². The summed E-state index contributed by atoms with van der Waals surface area (Å²) >= 11 is 1.54. The lowest BCUT2D eigenvalue weighted by molar-refractivity contribution is -0.140. The van der Waals surface area contributed by atoms with Crippen molar-refractivity contribution in [2.24, 2.45) is 0 Å². The van der Waals surface area contributed by atoms with Crippen LogP contribution < -0.4 is 14.4 Å². The van der Waals surface area contributed by atoms with E-state index in [-0.39, 0.29) is 18.4 Å². The van der Waals surface area contributed by atoms with Crippen LogP contribution in [0.1, 0.15) is 13.3 Å². The summed E-state index contributed by atoms with van der Waals surface area (Å²) in [5.74, 6) is 3.29. The van der Waals surface area contributed by atoms with Gasteiger partial charge in [0.2, 0.25) is 0 Å². The molecule has 160 valence electrons. The van der Waals surface area contributed by atoms with Crippen molar-refractivity contribution in [2.45, 2.75) is 24.3 Å². The number of hydrogen-bond donors (Lipinski definition) is 1. The number of carbonyl (C=O) groups is 1. The SMILES string of the molecule is C#CCN(c1ccc(NSc2ccc(OC)cc2)c2ccccc12)[C@@H](C)CC(=O)OC. The second kappa shape index (κ2) is 10.6. The minimum Gasteiger partial charge on any atom is -0.497 e. The van der Waals surface area contributed by atoms with Crippen molar-refractivity contribution in [3.8, 4) is 18.1 Å². The molecule has 6 heteroatoms. The van der Waals surface area contributed by atoms with Crippen LogP contribution in [0.3, 0.4) is 0 Å². The number of terminal acetylenes is 1. The molecule has 0 saturated heterocycles. The van der Waals surface area contributed by atoms with Crippen molar-refractivity contribution in [1.29, 1.82) is 0 Å². The average Bonchev–Trinajstić information content (AvgIpc) is 2.81. The Bertz CT molecular complexity index is 1080. The first-order chi connectivity index (χ1) is 15.1. The molecule has 3 aromatic rings. The van der Waals surface area contributed by atoms with Gasteiger partial charge in [0.25, 0.3) is 0 Å². The number of hydrogen-bond acceptors (Lipinski definition) is 6. The molecule has 0 aliphatic heterocycles. The minimum atomic E-state index is -0.256. The van der Waals surface area contributed by atoms with Crippen molar-refractivity contribution in [3.63, 3.8) is 0 Å². The van der Waals surface area contributed by atoms with Crippen LogP contribution in [0, 0.1) is 12.3 Å². The monoisotopic (exact) mass is 434 g/mol. The third-order valence-corrected chi connectivity index (χ3v) is 5.86. The van der Waals surface area contributed by atoms with E-state index < -0.39 is 0 Å². The number of carbonyl (C=O) groups excluding carboxylic acids is 1. The molecule has 0 aromatic heterocycles. The van der Waals surface area contributed by atoms with Crippen LogP contribution in [-0.2, 0) is 9.53 Å². The second-order valence-electron chi connectivity index (χ2n) is 7.02. The highest BCUT2D eigenvalue weighted by atomic mass is 32.2. The number of nitrogens with one attached hydrogen (secondary N) is 1. The fraction of sp³-hybridized carbons (Fsp3) is 0.240. The standard InChI is InChI=1S/C25H26N2O3S/c1-5-16-27(18(2)17-25(28)30-4)24-15-14-23(21-8-6-7-9-22(21)24)26-31-20-12-10-19(29-3)11-13-20/h1,6-15,18,26H,16-17H2,2-4H3/t18-/m0/s1. The van der Waals surface area contributed by atoms with Gasteiger partial charge in [-0.15, -0.1) is 6.42 Å². The summed E-state index contributed by atoms with van der Waals surface area (Å²) < 4.78 is 13.5. The highest BCUT2D eigenvalue weighted by molar-refractivity contribution is 8.00. The molecule has 3 rings (SSSR count). The van der Waals surface area contributed by atoms with Gasteiger partial charge in [-0.1, -0.05) is 30.2 Å². The number of esters is 1. The van der Waals surface area contributed by atoms with Crippen LogP contribution >= 0.6 is 11.9 Å². The van der Waals surface area contributed by atoms with Gasteiger partial charge in [0.05, 0.1) is 32.9 Å². The maximum absolute atomic E-state index is 11.8. The van der Waals surface area contributed by atoms with Gasteiger partial charge in [-0.25, -0.2) is 0 Å². The normalized spacial score (nSPS) is 11.4. The first kappa shape index (κ1) is 22.4. The Kier molecular flexibility index (Phi) is 7.69. The Morgan fingerprint density at radius 3 is 2.45 bits per heavy atom. The summed E-state index contributed by atoms with van der Waals surface area (Å²) in [7, 11) is 3.06. The third-order valence-electron chi connectivity index (χ3n) is 5.03. The lowest BCUT2D eigenvalue weighted by atomic mass is 10.0. The van der Waals surface area contributed by atoms with E-state index in [9.17, 15) is 4.79 Å². The Morgan fingerprint density at radius 1 is 1.10 bits per heavy atom. The fourth-order valence-corrected chi connectivity index (χ4v) is 4.07. The summed E-state index contributed by atoms with van der Waals surface area (Å²) in [6.07, 6.45) is 5.91. The molecule has 0 amide bonds. The lowest BCUT2D eigenvalue weighted by Crippen LogP contribution is -2.35. The number of fused-ring (bicyclic) bond motifs is 1. The van der Waals surface area contributed by atoms with E-state index in [1.807, 2.05) is 55.5 Å². The van der Waals surface area contributed by atoms with Gasteiger partial charge in [0, 0.05) is 27.4 Å². The van der Waals surface area contributed by atoms with Crippen LogP contribution in [0.5, 0.6) is 5.75 Å². The van der Waals surface area contributed by atoms with Gasteiger partial charge >= 0.3 is 5.97 Å². The van der Waals surface area contributed by atoms with Gasteiger partial charge in [0.15, 0.2) is 0 Å². The molecular weight excluding hydrogens is 408 g/mol. The van der Waals surface area contributed by atoms with Crippen molar-refractivity contribution < 1.29 is 14.3 Å². The molecule has 0 aliphatic carbocycles. The zero-order chi connectivity index (χ0) is 22.2. The highest BCUT2D eigenvalue weighted by Gasteiger charge is 2.20. The van der Waals surface area contributed by atoms with E-state index in [4.69, 9.17) is 15.9 Å². The fourth-order valence-electron chi connectivity index (χ4n) is 3.39. The van der Waals surface area contributed by atoms with Crippen LogP contribution in [-0.4, -0.2) is 32.8 Å². The molecule has 0 fully saturated rings. The molecule has 0 bridgehead atoms. The van der Waals surface area contributed by atoms with Gasteiger partial charge in [-0.05, 0) is 55.3 Å². The van der Waals surface area contributed by atoms with Crippen LogP contribution in [0.15, 0.2) is 65.6 Å². The van der Waals surface area contributed by atoms with Crippen molar-refractivity contribution in [2.75, 3.05) is 30.4 Å².